The van der Waals surface area contributed by atoms with Crippen LogP contribution in [-0.4, -0.2) is 27.3 Å². The van der Waals surface area contributed by atoms with Gasteiger partial charge in [-0.2, -0.15) is 5.10 Å². The molecule has 0 radical (unpaired) electrons. The van der Waals surface area contributed by atoms with Crippen molar-refractivity contribution in [2.24, 2.45) is 0 Å². The molecule has 3 heterocycles. The molecule has 33 heavy (non-hydrogen) atoms. The normalized spacial score (nSPS) is 12.6. The predicted octanol–water partition coefficient (Wildman–Crippen LogP) is 5.11. The van der Waals surface area contributed by atoms with Crippen molar-refractivity contribution in [1.82, 2.24) is 14.8 Å². The van der Waals surface area contributed by atoms with E-state index in [1.54, 1.807) is 18.3 Å². The number of fused-ring (bicyclic) bond motifs is 1. The number of ether oxygens (including phenoxy) is 1. The molecule has 6 nitrogen and oxygen atoms in total. The molecule has 1 aliphatic heterocycles. The maximum absolute atomic E-state index is 13.5. The van der Waals surface area contributed by atoms with E-state index in [1.807, 2.05) is 47.1 Å². The second-order valence-electron chi connectivity index (χ2n) is 7.92. The Morgan fingerprint density at radius 2 is 1.88 bits per heavy atom. The first-order valence-electron chi connectivity index (χ1n) is 11.0. The third kappa shape index (κ3) is 4.62. The van der Waals surface area contributed by atoms with Crippen LogP contribution in [0.5, 0.6) is 5.88 Å². The lowest BCUT2D eigenvalue weighted by atomic mass is 10.0. The van der Waals surface area contributed by atoms with E-state index in [4.69, 9.17) is 9.84 Å². The van der Waals surface area contributed by atoms with Crippen molar-refractivity contribution in [2.45, 2.75) is 25.8 Å². The number of benzene rings is 2. The van der Waals surface area contributed by atoms with Gasteiger partial charge in [0, 0.05) is 31.1 Å². The number of halogens is 1. The molecule has 166 valence electrons. The molecule has 0 unspecified atom stereocenters. The molecule has 1 amide bonds. The quantitative estimate of drug-likeness (QED) is 0.451. The van der Waals surface area contributed by atoms with Crippen LogP contribution in [0.2, 0.25) is 0 Å². The van der Waals surface area contributed by atoms with E-state index < -0.39 is 0 Å². The highest BCUT2D eigenvalue weighted by Gasteiger charge is 2.24. The molecular formula is C26H23FN4O2. The molecule has 0 bridgehead atoms. The van der Waals surface area contributed by atoms with Crippen LogP contribution < -0.4 is 10.1 Å². The maximum Gasteiger partial charge on any atom is 0.225 e. The highest BCUT2D eigenvalue weighted by molar-refractivity contribution is 5.91. The van der Waals surface area contributed by atoms with Crippen LogP contribution in [0.3, 0.4) is 0 Å². The van der Waals surface area contributed by atoms with E-state index in [9.17, 15) is 9.18 Å². The Balaban J connectivity index is 1.42. The predicted molar refractivity (Wildman–Crippen MR) is 124 cm³/mol. The molecule has 1 aliphatic rings. The van der Waals surface area contributed by atoms with Crippen LogP contribution in [0, 0.1) is 5.82 Å². The van der Waals surface area contributed by atoms with Gasteiger partial charge < -0.3 is 10.1 Å². The lowest BCUT2D eigenvalue weighted by Gasteiger charge is -2.16. The summed E-state index contributed by atoms with van der Waals surface area (Å²) in [5.41, 5.74) is 4.25. The second-order valence-corrected chi connectivity index (χ2v) is 7.92. The molecule has 0 saturated heterocycles. The van der Waals surface area contributed by atoms with Crippen LogP contribution in [0.25, 0.3) is 22.4 Å². The number of pyridine rings is 1. The zero-order valence-electron chi connectivity index (χ0n) is 18.0. The molecule has 1 N–H and O–H groups in total. The number of amides is 1. The fraction of sp³-hybridized carbons (Fsp3) is 0.192. The summed E-state index contributed by atoms with van der Waals surface area (Å²) in [7, 11) is 0. The van der Waals surface area contributed by atoms with Gasteiger partial charge in [0.25, 0.3) is 0 Å². The number of hydrogen-bond acceptors (Lipinski definition) is 4. The molecule has 0 spiro atoms. The molecule has 4 aromatic rings. The molecular weight excluding hydrogens is 419 g/mol. The van der Waals surface area contributed by atoms with Crippen LogP contribution in [0.15, 0.2) is 72.9 Å². The van der Waals surface area contributed by atoms with Gasteiger partial charge in [0.15, 0.2) is 0 Å². The first-order valence-corrected chi connectivity index (χ1v) is 11.0. The smallest absolute Gasteiger partial charge is 0.225 e. The lowest BCUT2D eigenvalue weighted by Crippen LogP contribution is -2.15. The molecule has 0 fully saturated rings. The van der Waals surface area contributed by atoms with E-state index >= 15 is 0 Å². The van der Waals surface area contributed by atoms with Crippen LogP contribution in [-0.2, 0) is 17.8 Å². The van der Waals surface area contributed by atoms with Gasteiger partial charge in [0.05, 0.1) is 12.2 Å². The Hall–Kier alpha value is -4.00. The molecule has 0 atom stereocenters. The molecule has 0 aliphatic carbocycles. The summed E-state index contributed by atoms with van der Waals surface area (Å²) in [5.74, 6) is 0.736. The van der Waals surface area contributed by atoms with Gasteiger partial charge in [-0.05, 0) is 53.9 Å². The average Bonchev–Trinajstić information content (AvgIpc) is 3.24. The summed E-state index contributed by atoms with van der Waals surface area (Å²) in [6, 6.07) is 19.8. The Bertz CT molecular complexity index is 1270. The zero-order chi connectivity index (χ0) is 22.6. The summed E-state index contributed by atoms with van der Waals surface area (Å²) < 4.78 is 21.3. The van der Waals surface area contributed by atoms with Gasteiger partial charge in [-0.15, -0.1) is 0 Å². The van der Waals surface area contributed by atoms with Crippen molar-refractivity contribution in [1.29, 1.82) is 0 Å². The SMILES string of the molecule is O=C(CCc1ccccc1)Nc1cc(-c2c(-c3ccc(F)cc3)nn3c2OCCC3)ccn1. The minimum atomic E-state index is -0.301. The minimum absolute atomic E-state index is 0.101. The fourth-order valence-corrected chi connectivity index (χ4v) is 3.96. The number of hydrogen-bond donors (Lipinski definition) is 1. The Kier molecular flexibility index (Phi) is 5.85. The Morgan fingerprint density at radius 1 is 1.06 bits per heavy atom. The van der Waals surface area contributed by atoms with Crippen LogP contribution in [0.1, 0.15) is 18.4 Å². The topological polar surface area (TPSA) is 69.0 Å². The first kappa shape index (κ1) is 20.9. The fourth-order valence-electron chi connectivity index (χ4n) is 3.96. The van der Waals surface area contributed by atoms with E-state index in [0.717, 1.165) is 35.2 Å². The lowest BCUT2D eigenvalue weighted by molar-refractivity contribution is -0.116. The van der Waals surface area contributed by atoms with E-state index in [-0.39, 0.29) is 11.7 Å². The number of rotatable bonds is 6. The van der Waals surface area contributed by atoms with Gasteiger partial charge >= 0.3 is 0 Å². The first-order chi connectivity index (χ1) is 16.2. The Morgan fingerprint density at radius 3 is 2.70 bits per heavy atom. The number of nitrogens with zero attached hydrogens (tertiary/aromatic N) is 3. The number of carbonyl (C=O) groups excluding carboxylic acids is 1. The largest absolute Gasteiger partial charge is 0.477 e. The monoisotopic (exact) mass is 442 g/mol. The van der Waals surface area contributed by atoms with Gasteiger partial charge in [-0.25, -0.2) is 14.1 Å². The molecule has 0 saturated carbocycles. The summed E-state index contributed by atoms with van der Waals surface area (Å²) >= 11 is 0. The number of aromatic nitrogens is 3. The van der Waals surface area contributed by atoms with Gasteiger partial charge in [-0.3, -0.25) is 4.79 Å². The Labute approximate surface area is 191 Å². The third-order valence-corrected chi connectivity index (χ3v) is 5.58. The standard InChI is InChI=1S/C26H23FN4O2/c27-21-10-8-19(9-11-21)25-24(26-31(30-25)15-4-16-33-26)20-13-14-28-22(17-20)29-23(32)12-7-18-5-2-1-3-6-18/h1-3,5-6,8-11,13-14,17H,4,7,12,15-16H2,(H,28,29,32). The van der Waals surface area contributed by atoms with E-state index in [2.05, 4.69) is 10.3 Å². The third-order valence-electron chi connectivity index (χ3n) is 5.58. The van der Waals surface area contributed by atoms with E-state index in [1.165, 1.54) is 12.1 Å². The summed E-state index contributed by atoms with van der Waals surface area (Å²) in [6.07, 6.45) is 3.55. The van der Waals surface area contributed by atoms with Crippen LogP contribution >= 0.6 is 0 Å². The molecule has 2 aromatic heterocycles. The number of aryl methyl sites for hydroxylation is 2. The van der Waals surface area contributed by atoms with Crippen molar-refractivity contribution in [3.05, 3.63) is 84.3 Å². The maximum atomic E-state index is 13.5. The number of nitrogens with one attached hydrogen (secondary N) is 1. The van der Waals surface area contributed by atoms with Crippen molar-refractivity contribution in [3.8, 4) is 28.3 Å². The van der Waals surface area contributed by atoms with Gasteiger partial charge in [-0.1, -0.05) is 30.3 Å². The van der Waals surface area contributed by atoms with Crippen molar-refractivity contribution in [2.75, 3.05) is 11.9 Å². The minimum Gasteiger partial charge on any atom is -0.477 e. The molecule has 5 rings (SSSR count). The number of anilines is 1. The summed E-state index contributed by atoms with van der Waals surface area (Å²) in [6.45, 7) is 1.35. The van der Waals surface area contributed by atoms with Crippen molar-refractivity contribution < 1.29 is 13.9 Å². The van der Waals surface area contributed by atoms with Gasteiger partial charge in [0.1, 0.15) is 17.3 Å². The second kappa shape index (κ2) is 9.24. The summed E-state index contributed by atoms with van der Waals surface area (Å²) in [4.78, 5) is 16.8. The van der Waals surface area contributed by atoms with Crippen LogP contribution in [0.4, 0.5) is 10.2 Å². The highest BCUT2D eigenvalue weighted by Crippen LogP contribution is 2.41. The molecule has 2 aromatic carbocycles. The molecule has 7 heteroatoms. The number of carbonyl (C=O) groups is 1. The average molecular weight is 442 g/mol. The zero-order valence-corrected chi connectivity index (χ0v) is 18.0. The summed E-state index contributed by atoms with van der Waals surface area (Å²) in [5, 5.41) is 7.64. The van der Waals surface area contributed by atoms with E-state index in [0.29, 0.717) is 36.8 Å². The highest BCUT2D eigenvalue weighted by atomic mass is 19.1. The van der Waals surface area contributed by atoms with Gasteiger partial charge in [0.2, 0.25) is 11.8 Å². The van der Waals surface area contributed by atoms with Crippen molar-refractivity contribution >= 4 is 11.7 Å². The van der Waals surface area contributed by atoms with Crippen molar-refractivity contribution in [3.63, 3.8) is 0 Å².